The topological polar surface area (TPSA) is 78.7 Å². The van der Waals surface area contributed by atoms with Crippen LogP contribution in [0.2, 0.25) is 0 Å². The summed E-state index contributed by atoms with van der Waals surface area (Å²) in [7, 11) is 0.137. The van der Waals surface area contributed by atoms with Gasteiger partial charge >= 0.3 is 0 Å². The number of sulfonamides is 1. The predicted molar refractivity (Wildman–Crippen MR) is 79.5 cm³/mol. The zero-order valence-corrected chi connectivity index (χ0v) is 13.9. The lowest BCUT2D eigenvalue weighted by atomic mass is 10.0. The fourth-order valence-corrected chi connectivity index (χ4v) is 4.56. The summed E-state index contributed by atoms with van der Waals surface area (Å²) < 4.78 is 28.4. The molecule has 0 spiro atoms. The molecule has 0 radical (unpaired) electrons. The summed E-state index contributed by atoms with van der Waals surface area (Å²) >= 11 is 0. The average Bonchev–Trinajstić information content (AvgIpc) is 2.92. The van der Waals surface area contributed by atoms with E-state index in [1.807, 2.05) is 25.9 Å². The maximum atomic E-state index is 12.7. The van der Waals surface area contributed by atoms with Gasteiger partial charge in [0, 0.05) is 26.2 Å². The zero-order valence-electron chi connectivity index (χ0n) is 13.1. The molecule has 0 unspecified atom stereocenters. The van der Waals surface area contributed by atoms with Crippen molar-refractivity contribution < 1.29 is 13.5 Å². The first-order chi connectivity index (χ1) is 9.69. The lowest BCUT2D eigenvalue weighted by Gasteiger charge is -2.26. The standard InChI is InChI=1S/C13H24N4O3S/c1-5-17-11(2)12(8-14-17)21(19,20)16-7-6-13(18,10-16)9-15(3)4/h8,18H,5-7,9-10H2,1-4H3/t13-/m0/s1. The van der Waals surface area contributed by atoms with E-state index >= 15 is 0 Å². The maximum Gasteiger partial charge on any atom is 0.246 e. The van der Waals surface area contributed by atoms with Crippen molar-refractivity contribution in [3.63, 3.8) is 0 Å². The summed E-state index contributed by atoms with van der Waals surface area (Å²) in [6.45, 7) is 5.22. The van der Waals surface area contributed by atoms with Crippen LogP contribution < -0.4 is 0 Å². The van der Waals surface area contributed by atoms with E-state index in [2.05, 4.69) is 5.10 Å². The highest BCUT2D eigenvalue weighted by Gasteiger charge is 2.42. The molecule has 0 aliphatic carbocycles. The molecular formula is C13H24N4O3S. The van der Waals surface area contributed by atoms with Gasteiger partial charge in [-0.2, -0.15) is 9.40 Å². The molecule has 0 amide bonds. The molecule has 2 rings (SSSR count). The molecule has 0 saturated carbocycles. The van der Waals surface area contributed by atoms with E-state index < -0.39 is 15.6 Å². The van der Waals surface area contributed by atoms with Crippen LogP contribution in [0.25, 0.3) is 0 Å². The van der Waals surface area contributed by atoms with Crippen molar-refractivity contribution in [1.29, 1.82) is 0 Å². The molecule has 21 heavy (non-hydrogen) atoms. The Morgan fingerprint density at radius 2 is 2.14 bits per heavy atom. The van der Waals surface area contributed by atoms with Gasteiger partial charge in [0.15, 0.2) is 0 Å². The number of β-amino-alcohol motifs (C(OH)–C–C–N with tert-alkyl or cyclic N) is 1. The van der Waals surface area contributed by atoms with E-state index in [9.17, 15) is 13.5 Å². The lowest BCUT2D eigenvalue weighted by Crippen LogP contribution is -2.43. The third kappa shape index (κ3) is 3.13. The third-order valence-corrected chi connectivity index (χ3v) is 5.83. The number of aromatic nitrogens is 2. The Morgan fingerprint density at radius 1 is 1.48 bits per heavy atom. The Kier molecular flexibility index (Phi) is 4.44. The normalized spacial score (nSPS) is 24.1. The molecule has 1 saturated heterocycles. The van der Waals surface area contributed by atoms with Gasteiger partial charge in [-0.1, -0.05) is 0 Å². The summed E-state index contributed by atoms with van der Waals surface area (Å²) in [6, 6.07) is 0. The molecule has 1 aromatic rings. The van der Waals surface area contributed by atoms with E-state index in [1.54, 1.807) is 11.6 Å². The van der Waals surface area contributed by atoms with Gasteiger partial charge in [-0.05, 0) is 34.4 Å². The Labute approximate surface area is 126 Å². The van der Waals surface area contributed by atoms with Gasteiger partial charge in [0.1, 0.15) is 4.90 Å². The Bertz CT molecular complexity index is 611. The van der Waals surface area contributed by atoms with Gasteiger partial charge in [0.25, 0.3) is 0 Å². The van der Waals surface area contributed by atoms with Gasteiger partial charge in [0.05, 0.1) is 17.5 Å². The van der Waals surface area contributed by atoms with Gasteiger partial charge in [-0.3, -0.25) is 4.68 Å². The lowest BCUT2D eigenvalue weighted by molar-refractivity contribution is 0.0302. The van der Waals surface area contributed by atoms with Crippen LogP contribution in [-0.4, -0.2) is 71.8 Å². The maximum absolute atomic E-state index is 12.7. The first-order valence-corrected chi connectivity index (χ1v) is 8.53. The summed E-state index contributed by atoms with van der Waals surface area (Å²) in [5.74, 6) is 0. The van der Waals surface area contributed by atoms with Crippen molar-refractivity contribution in [3.05, 3.63) is 11.9 Å². The molecule has 0 bridgehead atoms. The highest BCUT2D eigenvalue weighted by Crippen LogP contribution is 2.28. The second-order valence-electron chi connectivity index (χ2n) is 5.96. The van der Waals surface area contributed by atoms with Gasteiger partial charge in [0.2, 0.25) is 10.0 Å². The quantitative estimate of drug-likeness (QED) is 0.820. The van der Waals surface area contributed by atoms with Crippen LogP contribution in [0.1, 0.15) is 19.0 Å². The number of aliphatic hydroxyl groups is 1. The van der Waals surface area contributed by atoms with E-state index in [0.717, 1.165) is 0 Å². The molecule has 1 fully saturated rings. The molecule has 1 N–H and O–H groups in total. The van der Waals surface area contributed by atoms with Crippen LogP contribution >= 0.6 is 0 Å². The SMILES string of the molecule is CCn1ncc(S(=O)(=O)N2CC[C@](O)(CN(C)C)C2)c1C. The van der Waals surface area contributed by atoms with Crippen LogP contribution in [0, 0.1) is 6.92 Å². The van der Waals surface area contributed by atoms with Gasteiger partial charge in [-0.15, -0.1) is 0 Å². The van der Waals surface area contributed by atoms with Crippen LogP contribution in [-0.2, 0) is 16.6 Å². The summed E-state index contributed by atoms with van der Waals surface area (Å²) in [5, 5.41) is 14.6. The highest BCUT2D eigenvalue weighted by molar-refractivity contribution is 7.89. The Morgan fingerprint density at radius 3 is 2.67 bits per heavy atom. The average molecular weight is 316 g/mol. The van der Waals surface area contributed by atoms with Gasteiger partial charge < -0.3 is 10.0 Å². The third-order valence-electron chi connectivity index (χ3n) is 3.88. The molecule has 0 aromatic carbocycles. The first kappa shape index (κ1) is 16.4. The largest absolute Gasteiger partial charge is 0.387 e. The molecule has 1 aromatic heterocycles. The molecule has 8 heteroatoms. The number of nitrogens with zero attached hydrogens (tertiary/aromatic N) is 4. The van der Waals surface area contributed by atoms with E-state index in [1.165, 1.54) is 10.5 Å². The Balaban J connectivity index is 2.24. The fourth-order valence-electron chi connectivity index (χ4n) is 2.88. The molecular weight excluding hydrogens is 292 g/mol. The minimum absolute atomic E-state index is 0.129. The van der Waals surface area contributed by atoms with E-state index in [-0.39, 0.29) is 11.4 Å². The number of hydrogen-bond donors (Lipinski definition) is 1. The first-order valence-electron chi connectivity index (χ1n) is 7.09. The van der Waals surface area contributed by atoms with Crippen molar-refractivity contribution in [1.82, 2.24) is 19.0 Å². The molecule has 7 nitrogen and oxygen atoms in total. The van der Waals surface area contributed by atoms with Crippen molar-refractivity contribution >= 4 is 10.0 Å². The zero-order chi connectivity index (χ0) is 15.8. The van der Waals surface area contributed by atoms with Crippen molar-refractivity contribution in [3.8, 4) is 0 Å². The second kappa shape index (κ2) is 5.68. The predicted octanol–water partition coefficient (Wildman–Crippen LogP) is -0.101. The molecule has 2 heterocycles. The van der Waals surface area contributed by atoms with Crippen molar-refractivity contribution in [2.24, 2.45) is 0 Å². The number of likely N-dealkylation sites (N-methyl/N-ethyl adjacent to an activating group) is 1. The van der Waals surface area contributed by atoms with Crippen LogP contribution in [0.3, 0.4) is 0 Å². The second-order valence-corrected chi connectivity index (χ2v) is 7.87. The number of aryl methyl sites for hydroxylation is 1. The van der Waals surface area contributed by atoms with Crippen molar-refractivity contribution in [2.75, 3.05) is 33.7 Å². The monoisotopic (exact) mass is 316 g/mol. The minimum Gasteiger partial charge on any atom is -0.387 e. The highest BCUT2D eigenvalue weighted by atomic mass is 32.2. The van der Waals surface area contributed by atoms with Crippen LogP contribution in [0.5, 0.6) is 0 Å². The van der Waals surface area contributed by atoms with E-state index in [0.29, 0.717) is 31.7 Å². The minimum atomic E-state index is -3.59. The summed E-state index contributed by atoms with van der Waals surface area (Å²) in [6.07, 6.45) is 1.85. The molecule has 120 valence electrons. The smallest absolute Gasteiger partial charge is 0.246 e. The van der Waals surface area contributed by atoms with Crippen LogP contribution in [0.4, 0.5) is 0 Å². The van der Waals surface area contributed by atoms with E-state index in [4.69, 9.17) is 0 Å². The molecule has 1 atom stereocenters. The van der Waals surface area contributed by atoms with Gasteiger partial charge in [-0.25, -0.2) is 8.42 Å². The van der Waals surface area contributed by atoms with Crippen molar-refractivity contribution in [2.45, 2.75) is 37.3 Å². The van der Waals surface area contributed by atoms with Crippen LogP contribution in [0.15, 0.2) is 11.1 Å². The molecule has 1 aliphatic rings. The molecule has 1 aliphatic heterocycles. The number of hydrogen-bond acceptors (Lipinski definition) is 5. The fraction of sp³-hybridized carbons (Fsp3) is 0.769. The Hall–Kier alpha value is -0.960. The number of rotatable bonds is 5. The summed E-state index contributed by atoms with van der Waals surface area (Å²) in [5.41, 5.74) is -0.342. The summed E-state index contributed by atoms with van der Waals surface area (Å²) in [4.78, 5) is 2.11.